The van der Waals surface area contributed by atoms with E-state index >= 15 is 0 Å². The van der Waals surface area contributed by atoms with Crippen molar-refractivity contribution < 1.29 is 13.9 Å². The van der Waals surface area contributed by atoms with Crippen LogP contribution >= 0.6 is 0 Å². The van der Waals surface area contributed by atoms with Crippen LogP contribution in [-0.4, -0.2) is 11.5 Å². The fraction of sp³-hybridized carbons (Fsp3) is 0.400. The Morgan fingerprint density at radius 1 is 1.20 bits per heavy atom. The Balaban J connectivity index is 1.64. The van der Waals surface area contributed by atoms with Gasteiger partial charge in [0, 0.05) is 24.1 Å². The van der Waals surface area contributed by atoms with Crippen LogP contribution in [0, 0.1) is 6.92 Å². The lowest BCUT2D eigenvalue weighted by Gasteiger charge is -2.40. The van der Waals surface area contributed by atoms with Gasteiger partial charge < -0.3 is 14.5 Å². The minimum atomic E-state index is -0.365. The number of ether oxygens (including phenoxy) is 1. The van der Waals surface area contributed by atoms with E-state index in [1.165, 1.54) is 12.1 Å². The second-order valence-corrected chi connectivity index (χ2v) is 7.03. The van der Waals surface area contributed by atoms with E-state index in [0.29, 0.717) is 5.76 Å². The fourth-order valence-corrected chi connectivity index (χ4v) is 4.02. The first-order chi connectivity index (χ1) is 12.0. The number of aryl methyl sites for hydroxylation is 1. The molecule has 0 saturated heterocycles. The van der Waals surface area contributed by atoms with Crippen molar-refractivity contribution in [1.29, 1.82) is 0 Å². The molecule has 2 aliphatic rings. The predicted octanol–water partition coefficient (Wildman–Crippen LogP) is 3.51. The minimum absolute atomic E-state index is 0.0504. The molecular weight excluding hydrogens is 318 g/mol. The molecule has 1 aliphatic carbocycles. The summed E-state index contributed by atoms with van der Waals surface area (Å²) in [5.74, 6) is 0.953. The Morgan fingerprint density at radius 2 is 1.96 bits per heavy atom. The van der Waals surface area contributed by atoms with Crippen LogP contribution in [-0.2, 0) is 0 Å². The third kappa shape index (κ3) is 3.06. The normalized spacial score (nSPS) is 20.8. The smallest absolute Gasteiger partial charge is 0.287 e. The maximum Gasteiger partial charge on any atom is 0.287 e. The molecule has 130 valence electrons. The number of carbonyl (C=O) groups excluding carboxylic acids is 1. The van der Waals surface area contributed by atoms with Gasteiger partial charge in [-0.3, -0.25) is 9.59 Å². The number of amides is 1. The van der Waals surface area contributed by atoms with Gasteiger partial charge in [0.1, 0.15) is 17.1 Å². The lowest BCUT2D eigenvalue weighted by atomic mass is 9.86. The summed E-state index contributed by atoms with van der Waals surface area (Å²) in [6.45, 7) is 1.66. The van der Waals surface area contributed by atoms with Gasteiger partial charge in [-0.1, -0.05) is 18.2 Å². The van der Waals surface area contributed by atoms with Gasteiger partial charge in [-0.05, 0) is 38.7 Å². The highest BCUT2D eigenvalue weighted by atomic mass is 16.5. The third-order valence-electron chi connectivity index (χ3n) is 5.13. The monoisotopic (exact) mass is 339 g/mol. The first-order valence-corrected chi connectivity index (χ1v) is 8.75. The Morgan fingerprint density at radius 3 is 2.72 bits per heavy atom. The molecule has 0 bridgehead atoms. The second kappa shape index (κ2) is 6.06. The van der Waals surface area contributed by atoms with Crippen molar-refractivity contribution in [3.8, 4) is 5.75 Å². The van der Waals surface area contributed by atoms with Crippen molar-refractivity contribution in [3.05, 3.63) is 63.7 Å². The molecular formula is C20H21NO4. The SMILES string of the molecule is Cc1cc(=O)cc(C(=O)N[C@@H]2CC3(CCCC3)Oc3ccccc32)o1. The summed E-state index contributed by atoms with van der Waals surface area (Å²) in [6, 6.07) is 10.3. The maximum absolute atomic E-state index is 12.6. The molecule has 1 saturated carbocycles. The van der Waals surface area contributed by atoms with Gasteiger partial charge in [0.05, 0.1) is 6.04 Å². The first-order valence-electron chi connectivity index (χ1n) is 8.75. The summed E-state index contributed by atoms with van der Waals surface area (Å²) in [5, 5.41) is 3.05. The maximum atomic E-state index is 12.6. The predicted molar refractivity (Wildman–Crippen MR) is 92.8 cm³/mol. The van der Waals surface area contributed by atoms with E-state index in [9.17, 15) is 9.59 Å². The molecule has 1 N–H and O–H groups in total. The Hall–Kier alpha value is -2.56. The van der Waals surface area contributed by atoms with Gasteiger partial charge in [0.2, 0.25) is 0 Å². The number of benzene rings is 1. The van der Waals surface area contributed by atoms with Gasteiger partial charge in [0.15, 0.2) is 11.2 Å². The molecule has 0 radical (unpaired) electrons. The number of hydrogen-bond acceptors (Lipinski definition) is 4. The van der Waals surface area contributed by atoms with Gasteiger partial charge in [0.25, 0.3) is 5.91 Å². The molecule has 1 aliphatic heterocycles. The molecule has 1 atom stereocenters. The molecule has 0 unspecified atom stereocenters. The lowest BCUT2D eigenvalue weighted by Crippen LogP contribution is -2.43. The molecule has 1 aromatic carbocycles. The summed E-state index contributed by atoms with van der Waals surface area (Å²) < 4.78 is 11.7. The highest BCUT2D eigenvalue weighted by Crippen LogP contribution is 2.47. The summed E-state index contributed by atoms with van der Waals surface area (Å²) >= 11 is 0. The van der Waals surface area contributed by atoms with Gasteiger partial charge >= 0.3 is 0 Å². The average molecular weight is 339 g/mol. The van der Waals surface area contributed by atoms with Crippen LogP contribution in [0.1, 0.15) is 60.0 Å². The van der Waals surface area contributed by atoms with Gasteiger partial charge in [-0.2, -0.15) is 0 Å². The number of rotatable bonds is 2. The van der Waals surface area contributed by atoms with Crippen molar-refractivity contribution in [1.82, 2.24) is 5.32 Å². The Kier molecular flexibility index (Phi) is 3.86. The van der Waals surface area contributed by atoms with Crippen LogP contribution in [0.2, 0.25) is 0 Å². The highest BCUT2D eigenvalue weighted by Gasteiger charge is 2.43. The quantitative estimate of drug-likeness (QED) is 0.909. The van der Waals surface area contributed by atoms with Crippen molar-refractivity contribution in [3.63, 3.8) is 0 Å². The molecule has 2 heterocycles. The second-order valence-electron chi connectivity index (χ2n) is 7.03. The van der Waals surface area contributed by atoms with Crippen LogP contribution in [0.5, 0.6) is 5.75 Å². The zero-order valence-electron chi connectivity index (χ0n) is 14.2. The van der Waals surface area contributed by atoms with E-state index in [1.54, 1.807) is 6.92 Å². The topological polar surface area (TPSA) is 68.5 Å². The molecule has 1 fully saturated rings. The summed E-state index contributed by atoms with van der Waals surface area (Å²) in [7, 11) is 0. The molecule has 2 aromatic rings. The van der Waals surface area contributed by atoms with Crippen molar-refractivity contribution in [2.45, 2.75) is 50.7 Å². The van der Waals surface area contributed by atoms with E-state index in [-0.39, 0.29) is 28.7 Å². The third-order valence-corrected chi connectivity index (χ3v) is 5.13. The van der Waals surface area contributed by atoms with Crippen molar-refractivity contribution >= 4 is 5.91 Å². The number of nitrogens with one attached hydrogen (secondary N) is 1. The van der Waals surface area contributed by atoms with Crippen LogP contribution in [0.4, 0.5) is 0 Å². The van der Waals surface area contributed by atoms with Crippen molar-refractivity contribution in [2.24, 2.45) is 0 Å². The molecule has 5 nitrogen and oxygen atoms in total. The Bertz CT molecular complexity index is 864. The van der Waals surface area contributed by atoms with E-state index < -0.39 is 0 Å². The van der Waals surface area contributed by atoms with E-state index in [4.69, 9.17) is 9.15 Å². The largest absolute Gasteiger partial charge is 0.487 e. The average Bonchev–Trinajstić information content (AvgIpc) is 3.01. The summed E-state index contributed by atoms with van der Waals surface area (Å²) in [6.07, 6.45) is 5.05. The molecule has 1 amide bonds. The molecule has 25 heavy (non-hydrogen) atoms. The first kappa shape index (κ1) is 15.9. The number of hydrogen-bond donors (Lipinski definition) is 1. The highest BCUT2D eigenvalue weighted by molar-refractivity contribution is 5.91. The zero-order valence-corrected chi connectivity index (χ0v) is 14.2. The molecule has 1 aromatic heterocycles. The van der Waals surface area contributed by atoms with Crippen LogP contribution in [0.15, 0.2) is 45.6 Å². The molecule has 4 rings (SSSR count). The molecule has 1 spiro atoms. The standard InChI is InChI=1S/C20H21NO4/c1-13-10-14(22)11-18(24-13)19(23)21-16-12-20(8-4-5-9-20)25-17-7-3-2-6-15(16)17/h2-3,6-7,10-11,16H,4-5,8-9,12H2,1H3,(H,21,23)/t16-/m1/s1. The van der Waals surface area contributed by atoms with E-state index in [1.807, 2.05) is 24.3 Å². The van der Waals surface area contributed by atoms with Gasteiger partial charge in [-0.25, -0.2) is 0 Å². The minimum Gasteiger partial charge on any atom is -0.487 e. The zero-order chi connectivity index (χ0) is 17.4. The van der Waals surface area contributed by atoms with Crippen molar-refractivity contribution in [2.75, 3.05) is 0 Å². The van der Waals surface area contributed by atoms with Crippen LogP contribution < -0.4 is 15.5 Å². The van der Waals surface area contributed by atoms with E-state index in [2.05, 4.69) is 5.32 Å². The Labute approximate surface area is 146 Å². The summed E-state index contributed by atoms with van der Waals surface area (Å²) in [4.78, 5) is 24.3. The lowest BCUT2D eigenvalue weighted by molar-refractivity contribution is 0.0356. The fourth-order valence-electron chi connectivity index (χ4n) is 4.02. The number of para-hydroxylation sites is 1. The van der Waals surface area contributed by atoms with Gasteiger partial charge in [-0.15, -0.1) is 0 Å². The summed E-state index contributed by atoms with van der Waals surface area (Å²) in [5.41, 5.74) is 0.552. The van der Waals surface area contributed by atoms with E-state index in [0.717, 1.165) is 43.4 Å². The molecule has 5 heteroatoms. The van der Waals surface area contributed by atoms with Crippen LogP contribution in [0.3, 0.4) is 0 Å². The van der Waals surface area contributed by atoms with Crippen LogP contribution in [0.25, 0.3) is 0 Å². The number of carbonyl (C=O) groups is 1. The number of fused-ring (bicyclic) bond motifs is 1.